The van der Waals surface area contributed by atoms with Gasteiger partial charge < -0.3 is 9.94 Å². The zero-order valence-electron chi connectivity index (χ0n) is 7.82. The summed E-state index contributed by atoms with van der Waals surface area (Å²) < 4.78 is 5.37. The predicted molar refractivity (Wildman–Crippen MR) is 51.6 cm³/mol. The fourth-order valence-electron chi connectivity index (χ4n) is 1.10. The van der Waals surface area contributed by atoms with E-state index >= 15 is 0 Å². The molecule has 0 bridgehead atoms. The monoisotopic (exact) mass is 179 g/mol. The first-order valence-electron chi connectivity index (χ1n) is 4.20. The third-order valence-electron chi connectivity index (χ3n) is 1.73. The second-order valence-corrected chi connectivity index (χ2v) is 2.61. The summed E-state index contributed by atoms with van der Waals surface area (Å²) in [6, 6.07) is 7.49. The molecule has 0 amide bonds. The first-order valence-corrected chi connectivity index (χ1v) is 4.20. The molecule has 0 fully saturated rings. The van der Waals surface area contributed by atoms with Gasteiger partial charge in [-0.05, 0) is 26.0 Å². The SMILES string of the molecule is CCOc1ccccc1/C(C)=N/O. The summed E-state index contributed by atoms with van der Waals surface area (Å²) >= 11 is 0. The average molecular weight is 179 g/mol. The molecule has 13 heavy (non-hydrogen) atoms. The second-order valence-electron chi connectivity index (χ2n) is 2.61. The van der Waals surface area contributed by atoms with Gasteiger partial charge in [0.2, 0.25) is 0 Å². The van der Waals surface area contributed by atoms with Crippen LogP contribution in [0.2, 0.25) is 0 Å². The van der Waals surface area contributed by atoms with Crippen LogP contribution in [0.25, 0.3) is 0 Å². The van der Waals surface area contributed by atoms with Crippen molar-refractivity contribution in [3.05, 3.63) is 29.8 Å². The van der Waals surface area contributed by atoms with Crippen molar-refractivity contribution in [3.63, 3.8) is 0 Å². The molecule has 3 heteroatoms. The van der Waals surface area contributed by atoms with Gasteiger partial charge in [-0.25, -0.2) is 0 Å². The van der Waals surface area contributed by atoms with Crippen LogP contribution in [0.3, 0.4) is 0 Å². The Morgan fingerprint density at radius 3 is 2.77 bits per heavy atom. The van der Waals surface area contributed by atoms with Gasteiger partial charge >= 0.3 is 0 Å². The summed E-state index contributed by atoms with van der Waals surface area (Å²) in [5.74, 6) is 0.750. The van der Waals surface area contributed by atoms with Crippen LogP contribution in [-0.2, 0) is 0 Å². The summed E-state index contributed by atoms with van der Waals surface area (Å²) in [4.78, 5) is 0. The summed E-state index contributed by atoms with van der Waals surface area (Å²) in [5.41, 5.74) is 1.39. The summed E-state index contributed by atoms with van der Waals surface area (Å²) in [5, 5.41) is 11.8. The van der Waals surface area contributed by atoms with E-state index in [0.29, 0.717) is 12.3 Å². The highest BCUT2D eigenvalue weighted by molar-refractivity contribution is 6.00. The molecule has 0 aliphatic rings. The quantitative estimate of drug-likeness (QED) is 0.439. The van der Waals surface area contributed by atoms with Crippen molar-refractivity contribution in [1.29, 1.82) is 0 Å². The van der Waals surface area contributed by atoms with E-state index in [9.17, 15) is 0 Å². The molecule has 0 aromatic heterocycles. The first-order chi connectivity index (χ1) is 6.29. The van der Waals surface area contributed by atoms with Crippen molar-refractivity contribution >= 4 is 5.71 Å². The fraction of sp³-hybridized carbons (Fsp3) is 0.300. The summed E-state index contributed by atoms with van der Waals surface area (Å²) in [6.07, 6.45) is 0. The number of hydrogen-bond acceptors (Lipinski definition) is 3. The van der Waals surface area contributed by atoms with Crippen molar-refractivity contribution in [2.45, 2.75) is 13.8 Å². The molecule has 0 radical (unpaired) electrons. The van der Waals surface area contributed by atoms with E-state index in [1.807, 2.05) is 31.2 Å². The van der Waals surface area contributed by atoms with Gasteiger partial charge in [0, 0.05) is 5.56 Å². The molecule has 0 saturated heterocycles. The van der Waals surface area contributed by atoms with E-state index in [1.165, 1.54) is 0 Å². The van der Waals surface area contributed by atoms with E-state index in [4.69, 9.17) is 9.94 Å². The Morgan fingerprint density at radius 1 is 1.46 bits per heavy atom. The van der Waals surface area contributed by atoms with Crippen molar-refractivity contribution < 1.29 is 9.94 Å². The molecule has 1 N–H and O–H groups in total. The molecule has 3 nitrogen and oxygen atoms in total. The second kappa shape index (κ2) is 4.50. The highest BCUT2D eigenvalue weighted by Crippen LogP contribution is 2.18. The maximum atomic E-state index is 8.61. The molecule has 0 aliphatic heterocycles. The minimum atomic E-state index is 0.559. The van der Waals surface area contributed by atoms with Crippen molar-refractivity contribution in [1.82, 2.24) is 0 Å². The molecule has 0 saturated carbocycles. The summed E-state index contributed by atoms with van der Waals surface area (Å²) in [6.45, 7) is 4.26. The van der Waals surface area contributed by atoms with Crippen molar-refractivity contribution in [3.8, 4) is 5.75 Å². The van der Waals surface area contributed by atoms with Crippen molar-refractivity contribution in [2.75, 3.05) is 6.61 Å². The van der Waals surface area contributed by atoms with E-state index in [0.717, 1.165) is 11.3 Å². The lowest BCUT2D eigenvalue weighted by Crippen LogP contribution is -2.01. The lowest BCUT2D eigenvalue weighted by atomic mass is 10.1. The largest absolute Gasteiger partial charge is 0.493 e. The van der Waals surface area contributed by atoms with Gasteiger partial charge in [0.25, 0.3) is 0 Å². The van der Waals surface area contributed by atoms with Crippen LogP contribution < -0.4 is 4.74 Å². The van der Waals surface area contributed by atoms with Gasteiger partial charge in [0.1, 0.15) is 5.75 Å². The van der Waals surface area contributed by atoms with Crippen LogP contribution in [0.1, 0.15) is 19.4 Å². The van der Waals surface area contributed by atoms with Gasteiger partial charge in [-0.1, -0.05) is 17.3 Å². The minimum Gasteiger partial charge on any atom is -0.493 e. The number of hydrogen-bond donors (Lipinski definition) is 1. The van der Waals surface area contributed by atoms with Crippen LogP contribution in [0.4, 0.5) is 0 Å². The molecular weight excluding hydrogens is 166 g/mol. The molecule has 0 heterocycles. The number of para-hydroxylation sites is 1. The van der Waals surface area contributed by atoms with E-state index < -0.39 is 0 Å². The number of nitrogens with zero attached hydrogens (tertiary/aromatic N) is 1. The minimum absolute atomic E-state index is 0.559. The number of oxime groups is 1. The average Bonchev–Trinajstić information content (AvgIpc) is 2.18. The highest BCUT2D eigenvalue weighted by Gasteiger charge is 2.04. The molecule has 0 unspecified atom stereocenters. The Kier molecular flexibility index (Phi) is 3.31. The van der Waals surface area contributed by atoms with Crippen LogP contribution >= 0.6 is 0 Å². The van der Waals surface area contributed by atoms with Gasteiger partial charge in [-0.2, -0.15) is 0 Å². The number of benzene rings is 1. The predicted octanol–water partition coefficient (Wildman–Crippen LogP) is 2.28. The van der Waals surface area contributed by atoms with Gasteiger partial charge in [0.05, 0.1) is 12.3 Å². The van der Waals surface area contributed by atoms with Crippen LogP contribution in [0.15, 0.2) is 29.4 Å². The normalized spacial score (nSPS) is 11.4. The first kappa shape index (κ1) is 9.58. The van der Waals surface area contributed by atoms with Gasteiger partial charge in [-0.15, -0.1) is 0 Å². The standard InChI is InChI=1S/C10H13NO2/c1-3-13-10-7-5-4-6-9(10)8(2)11-12/h4-7,12H,3H2,1-2H3/b11-8+. The lowest BCUT2D eigenvalue weighted by Gasteiger charge is -2.07. The fourth-order valence-corrected chi connectivity index (χ4v) is 1.10. The van der Waals surface area contributed by atoms with E-state index in [2.05, 4.69) is 5.16 Å². The topological polar surface area (TPSA) is 41.8 Å². The molecule has 0 aliphatic carbocycles. The van der Waals surface area contributed by atoms with Crippen LogP contribution in [0, 0.1) is 0 Å². The summed E-state index contributed by atoms with van der Waals surface area (Å²) in [7, 11) is 0. The molecule has 0 atom stereocenters. The lowest BCUT2D eigenvalue weighted by molar-refractivity contribution is 0.317. The Bertz CT molecular complexity index is 308. The van der Waals surface area contributed by atoms with Gasteiger partial charge in [0.15, 0.2) is 0 Å². The number of ether oxygens (including phenoxy) is 1. The van der Waals surface area contributed by atoms with E-state index in [1.54, 1.807) is 6.92 Å². The molecular formula is C10H13NO2. The maximum absolute atomic E-state index is 8.61. The zero-order chi connectivity index (χ0) is 9.68. The maximum Gasteiger partial charge on any atom is 0.128 e. The smallest absolute Gasteiger partial charge is 0.128 e. The molecule has 70 valence electrons. The molecule has 1 aromatic rings. The Labute approximate surface area is 77.6 Å². The highest BCUT2D eigenvalue weighted by atomic mass is 16.5. The molecule has 1 aromatic carbocycles. The third kappa shape index (κ3) is 2.21. The van der Waals surface area contributed by atoms with E-state index in [-0.39, 0.29) is 0 Å². The Morgan fingerprint density at radius 2 is 2.15 bits per heavy atom. The van der Waals surface area contributed by atoms with Crippen LogP contribution in [-0.4, -0.2) is 17.5 Å². The molecule has 0 spiro atoms. The van der Waals surface area contributed by atoms with Gasteiger partial charge in [-0.3, -0.25) is 0 Å². The third-order valence-corrected chi connectivity index (χ3v) is 1.73. The van der Waals surface area contributed by atoms with Crippen LogP contribution in [0.5, 0.6) is 5.75 Å². The molecule has 1 rings (SSSR count). The van der Waals surface area contributed by atoms with Crippen molar-refractivity contribution in [2.24, 2.45) is 5.16 Å². The number of rotatable bonds is 3. The Balaban J connectivity index is 3.04. The zero-order valence-corrected chi connectivity index (χ0v) is 7.82. The Hall–Kier alpha value is -1.51.